The quantitative estimate of drug-likeness (QED) is 0.853. The van der Waals surface area contributed by atoms with Gasteiger partial charge in [-0.15, -0.1) is 0 Å². The molecule has 0 bridgehead atoms. The molecule has 0 unspecified atom stereocenters. The maximum absolute atomic E-state index is 13.3. The summed E-state index contributed by atoms with van der Waals surface area (Å²) in [5.41, 5.74) is 1.31. The second-order valence-corrected chi connectivity index (χ2v) is 3.65. The predicted octanol–water partition coefficient (Wildman–Crippen LogP) is 3.26. The largest absolute Gasteiger partial charge is 0.304 e. The average molecular weight is 232 g/mol. The summed E-state index contributed by atoms with van der Waals surface area (Å²) in [6.07, 6.45) is 0. The van der Waals surface area contributed by atoms with Gasteiger partial charge in [-0.1, -0.05) is 42.5 Å². The molecule has 0 saturated carbocycles. The molecule has 3 heteroatoms. The van der Waals surface area contributed by atoms with Crippen molar-refractivity contribution in [2.45, 2.75) is 6.54 Å². The fraction of sp³-hybridized carbons (Fsp3) is 0.0714. The van der Waals surface area contributed by atoms with Gasteiger partial charge >= 0.3 is 0 Å². The summed E-state index contributed by atoms with van der Waals surface area (Å²) in [6, 6.07) is 13.8. The molecule has 87 valence electrons. The van der Waals surface area contributed by atoms with Crippen LogP contribution in [-0.4, -0.2) is 0 Å². The molecule has 1 nitrogen and oxygen atoms in total. The zero-order valence-corrected chi connectivity index (χ0v) is 9.16. The van der Waals surface area contributed by atoms with Gasteiger partial charge in [0.25, 0.3) is 0 Å². The van der Waals surface area contributed by atoms with Crippen LogP contribution in [0.15, 0.2) is 48.5 Å². The molecular formula is C14H12F2N. The fourth-order valence-corrected chi connectivity index (χ4v) is 1.51. The fourth-order valence-electron chi connectivity index (χ4n) is 1.51. The Morgan fingerprint density at radius 3 is 2.47 bits per heavy atom. The van der Waals surface area contributed by atoms with E-state index in [-0.39, 0.29) is 6.54 Å². The minimum absolute atomic E-state index is 0.262. The van der Waals surface area contributed by atoms with Crippen LogP contribution in [0.1, 0.15) is 11.1 Å². The van der Waals surface area contributed by atoms with E-state index in [9.17, 15) is 8.78 Å². The minimum Gasteiger partial charge on any atom is -0.304 e. The van der Waals surface area contributed by atoms with E-state index in [1.165, 1.54) is 6.07 Å². The van der Waals surface area contributed by atoms with Crippen LogP contribution in [0, 0.1) is 18.2 Å². The lowest BCUT2D eigenvalue weighted by molar-refractivity contribution is 0.496. The highest BCUT2D eigenvalue weighted by Gasteiger charge is 2.06. The lowest BCUT2D eigenvalue weighted by Gasteiger charge is -2.06. The van der Waals surface area contributed by atoms with E-state index in [0.717, 1.165) is 11.6 Å². The van der Waals surface area contributed by atoms with Crippen LogP contribution in [0.3, 0.4) is 0 Å². The minimum atomic E-state index is -0.816. The number of rotatable bonds is 4. The van der Waals surface area contributed by atoms with Crippen LogP contribution < -0.4 is 5.32 Å². The summed E-state index contributed by atoms with van der Waals surface area (Å²) in [7, 11) is 0. The van der Waals surface area contributed by atoms with E-state index in [1.54, 1.807) is 12.6 Å². The van der Waals surface area contributed by atoms with E-state index in [4.69, 9.17) is 0 Å². The van der Waals surface area contributed by atoms with Gasteiger partial charge in [0.1, 0.15) is 0 Å². The highest BCUT2D eigenvalue weighted by molar-refractivity contribution is 5.23. The molecule has 0 spiro atoms. The van der Waals surface area contributed by atoms with E-state index >= 15 is 0 Å². The maximum Gasteiger partial charge on any atom is 0.163 e. The normalized spacial score (nSPS) is 10.5. The number of hydrogen-bond donors (Lipinski definition) is 1. The zero-order valence-electron chi connectivity index (χ0n) is 9.16. The van der Waals surface area contributed by atoms with Gasteiger partial charge in [0.05, 0.1) is 6.54 Å². The number of nitrogens with one attached hydrogen (secondary N) is 1. The summed E-state index contributed by atoms with van der Waals surface area (Å²) in [5.74, 6) is -1.61. The summed E-state index contributed by atoms with van der Waals surface area (Å²) < 4.78 is 26.2. The van der Waals surface area contributed by atoms with Crippen molar-refractivity contribution in [2.75, 3.05) is 0 Å². The van der Waals surface area contributed by atoms with Crippen molar-refractivity contribution >= 4 is 0 Å². The summed E-state index contributed by atoms with van der Waals surface area (Å²) >= 11 is 0. The first-order valence-corrected chi connectivity index (χ1v) is 5.32. The maximum atomic E-state index is 13.3. The van der Waals surface area contributed by atoms with Gasteiger partial charge in [0.2, 0.25) is 0 Å². The summed E-state index contributed by atoms with van der Waals surface area (Å²) in [4.78, 5) is 0. The van der Waals surface area contributed by atoms with Gasteiger partial charge in [-0.2, -0.15) is 0 Å². The van der Waals surface area contributed by atoms with Crippen molar-refractivity contribution in [1.29, 1.82) is 0 Å². The van der Waals surface area contributed by atoms with Crippen LogP contribution in [0.4, 0.5) is 8.78 Å². The van der Waals surface area contributed by atoms with E-state index in [0.29, 0.717) is 5.56 Å². The van der Waals surface area contributed by atoms with Crippen molar-refractivity contribution in [1.82, 2.24) is 5.32 Å². The molecule has 2 aromatic carbocycles. The first kappa shape index (κ1) is 11.7. The molecule has 0 amide bonds. The van der Waals surface area contributed by atoms with E-state index < -0.39 is 11.6 Å². The molecule has 0 atom stereocenters. The lowest BCUT2D eigenvalue weighted by Crippen LogP contribution is -2.12. The van der Waals surface area contributed by atoms with Crippen LogP contribution in [0.25, 0.3) is 0 Å². The van der Waals surface area contributed by atoms with Crippen molar-refractivity contribution < 1.29 is 8.78 Å². The number of hydrogen-bond acceptors (Lipinski definition) is 1. The summed E-state index contributed by atoms with van der Waals surface area (Å²) in [5, 5.41) is 2.95. The highest BCUT2D eigenvalue weighted by atomic mass is 19.2. The average Bonchev–Trinajstić information content (AvgIpc) is 2.36. The van der Waals surface area contributed by atoms with Crippen molar-refractivity contribution in [3.8, 4) is 0 Å². The Morgan fingerprint density at radius 2 is 1.71 bits per heavy atom. The molecule has 2 aromatic rings. The molecule has 0 aliphatic rings. The third-order valence-electron chi connectivity index (χ3n) is 2.39. The van der Waals surface area contributed by atoms with Crippen LogP contribution >= 0.6 is 0 Å². The first-order valence-electron chi connectivity index (χ1n) is 5.32. The Balaban J connectivity index is 1.93. The highest BCUT2D eigenvalue weighted by Crippen LogP contribution is 2.11. The van der Waals surface area contributed by atoms with Gasteiger partial charge < -0.3 is 5.32 Å². The molecule has 1 N–H and O–H groups in total. The third kappa shape index (κ3) is 3.11. The molecule has 17 heavy (non-hydrogen) atoms. The standard InChI is InChI=1S/C14H12F2N/c15-13-8-4-7-12(14(13)16)10-17-9-11-5-2-1-3-6-11/h1-9,17H,10H2. The topological polar surface area (TPSA) is 12.0 Å². The Labute approximate surface area is 99.1 Å². The van der Waals surface area contributed by atoms with Crippen molar-refractivity contribution in [3.63, 3.8) is 0 Å². The first-order chi connectivity index (χ1) is 8.27. The Hall–Kier alpha value is -1.74. The molecule has 2 rings (SSSR count). The number of halogens is 2. The van der Waals surface area contributed by atoms with E-state index in [2.05, 4.69) is 5.32 Å². The third-order valence-corrected chi connectivity index (χ3v) is 2.39. The van der Waals surface area contributed by atoms with Gasteiger partial charge in [0, 0.05) is 12.1 Å². The Bertz CT molecular complexity index is 483. The molecule has 0 saturated heterocycles. The SMILES string of the molecule is Fc1cccc(CN[CH]c2ccccc2)c1F. The molecule has 0 aliphatic heterocycles. The predicted molar refractivity (Wildman–Crippen MR) is 63.0 cm³/mol. The second kappa shape index (κ2) is 5.55. The van der Waals surface area contributed by atoms with Crippen LogP contribution in [-0.2, 0) is 6.54 Å². The molecule has 0 heterocycles. The second-order valence-electron chi connectivity index (χ2n) is 3.65. The zero-order chi connectivity index (χ0) is 12.1. The van der Waals surface area contributed by atoms with Crippen molar-refractivity contribution in [2.24, 2.45) is 0 Å². The lowest BCUT2D eigenvalue weighted by atomic mass is 10.2. The van der Waals surface area contributed by atoms with Gasteiger partial charge in [0.15, 0.2) is 11.6 Å². The van der Waals surface area contributed by atoms with Crippen molar-refractivity contribution in [3.05, 3.63) is 77.8 Å². The molecule has 0 fully saturated rings. The Morgan fingerprint density at radius 1 is 0.941 bits per heavy atom. The Kier molecular flexibility index (Phi) is 3.83. The molecule has 0 aromatic heterocycles. The van der Waals surface area contributed by atoms with E-state index in [1.807, 2.05) is 30.3 Å². The van der Waals surface area contributed by atoms with Gasteiger partial charge in [-0.3, -0.25) is 0 Å². The van der Waals surface area contributed by atoms with Crippen LogP contribution in [0.2, 0.25) is 0 Å². The number of benzene rings is 2. The molecule has 1 radical (unpaired) electrons. The smallest absolute Gasteiger partial charge is 0.163 e. The summed E-state index contributed by atoms with van der Waals surface area (Å²) in [6.45, 7) is 2.03. The van der Waals surface area contributed by atoms with Gasteiger partial charge in [-0.25, -0.2) is 8.78 Å². The molecular weight excluding hydrogens is 220 g/mol. The van der Waals surface area contributed by atoms with Gasteiger partial charge in [-0.05, 0) is 11.6 Å². The van der Waals surface area contributed by atoms with Crippen LogP contribution in [0.5, 0.6) is 0 Å². The molecule has 0 aliphatic carbocycles. The monoisotopic (exact) mass is 232 g/mol.